The second-order valence-corrected chi connectivity index (χ2v) is 8.53. The number of nitrogens with zero attached hydrogens (tertiary/aromatic N) is 2. The van der Waals surface area contributed by atoms with Crippen LogP contribution in [0.4, 0.5) is 0 Å². The van der Waals surface area contributed by atoms with Crippen LogP contribution >= 0.6 is 11.3 Å². The smallest absolute Gasteiger partial charge is 0.260 e. The molecule has 0 aliphatic carbocycles. The molecule has 0 unspecified atom stereocenters. The van der Waals surface area contributed by atoms with Crippen LogP contribution in [-0.2, 0) is 11.3 Å². The van der Waals surface area contributed by atoms with E-state index < -0.39 is 5.92 Å². The maximum absolute atomic E-state index is 13.7. The largest absolute Gasteiger partial charge is 0.493 e. The predicted octanol–water partition coefficient (Wildman–Crippen LogP) is 5.27. The molecule has 1 aliphatic heterocycles. The van der Waals surface area contributed by atoms with E-state index in [4.69, 9.17) is 14.2 Å². The summed E-state index contributed by atoms with van der Waals surface area (Å²) >= 11 is 1.43. The van der Waals surface area contributed by atoms with Crippen molar-refractivity contribution in [2.24, 2.45) is 4.99 Å². The zero-order valence-corrected chi connectivity index (χ0v) is 19.1. The van der Waals surface area contributed by atoms with Crippen molar-refractivity contribution in [3.8, 4) is 23.0 Å². The van der Waals surface area contributed by atoms with Crippen LogP contribution < -0.4 is 19.0 Å². The van der Waals surface area contributed by atoms with Crippen molar-refractivity contribution in [1.82, 2.24) is 4.57 Å². The van der Waals surface area contributed by atoms with Gasteiger partial charge in [-0.05, 0) is 12.1 Å². The van der Waals surface area contributed by atoms with Crippen molar-refractivity contribution in [2.75, 3.05) is 14.2 Å². The van der Waals surface area contributed by atoms with Crippen LogP contribution in [0.3, 0.4) is 0 Å². The molecule has 6 nitrogen and oxygen atoms in total. The maximum atomic E-state index is 13.7. The van der Waals surface area contributed by atoms with Crippen LogP contribution in [0.5, 0.6) is 23.0 Å². The molecular weight excluding hydrogens is 436 g/mol. The quantitative estimate of drug-likeness (QED) is 0.382. The summed E-state index contributed by atoms with van der Waals surface area (Å²) in [6, 6.07) is 19.0. The first-order valence-corrected chi connectivity index (χ1v) is 11.3. The highest BCUT2D eigenvalue weighted by Gasteiger charge is 2.32. The summed E-state index contributed by atoms with van der Waals surface area (Å²) in [6.45, 7) is 4.38. The first kappa shape index (κ1) is 21.0. The van der Waals surface area contributed by atoms with Gasteiger partial charge in [0.25, 0.3) is 5.91 Å². The molecular formula is C26H22N2O4S. The highest BCUT2D eigenvalue weighted by molar-refractivity contribution is 7.16. The fourth-order valence-corrected chi connectivity index (χ4v) is 5.18. The van der Waals surface area contributed by atoms with Gasteiger partial charge in [-0.2, -0.15) is 4.99 Å². The molecule has 5 rings (SSSR count). The summed E-state index contributed by atoms with van der Waals surface area (Å²) in [6.07, 6.45) is 1.78. The lowest BCUT2D eigenvalue weighted by Gasteiger charge is -2.25. The SMILES string of the molecule is C=CCn1c(=NC(=O)C2c3ccccc3Oc3ccccc32)sc2cc(OC)c(OC)cc21. The number of carbonyl (C=O) groups excluding carboxylic acids is 1. The van der Waals surface area contributed by atoms with Gasteiger partial charge in [-0.15, -0.1) is 6.58 Å². The van der Waals surface area contributed by atoms with E-state index in [0.29, 0.717) is 34.3 Å². The molecule has 7 heteroatoms. The zero-order valence-electron chi connectivity index (χ0n) is 18.3. The van der Waals surface area contributed by atoms with Crippen LogP contribution in [0.2, 0.25) is 0 Å². The topological polar surface area (TPSA) is 62.1 Å². The Bertz CT molecular complexity index is 1400. The first-order chi connectivity index (χ1) is 16.1. The molecule has 0 spiro atoms. The van der Waals surface area contributed by atoms with Crippen molar-refractivity contribution in [2.45, 2.75) is 12.5 Å². The van der Waals surface area contributed by atoms with Gasteiger partial charge in [0.15, 0.2) is 16.3 Å². The third-order valence-electron chi connectivity index (χ3n) is 5.63. The van der Waals surface area contributed by atoms with Gasteiger partial charge < -0.3 is 18.8 Å². The number of hydrogen-bond acceptors (Lipinski definition) is 5. The van der Waals surface area contributed by atoms with Crippen molar-refractivity contribution < 1.29 is 19.0 Å². The number of methoxy groups -OCH3 is 2. The number of para-hydroxylation sites is 2. The predicted molar refractivity (Wildman–Crippen MR) is 128 cm³/mol. The standard InChI is InChI=1S/C26H22N2O4S/c1-4-13-28-18-14-21(30-2)22(31-3)15-23(18)33-26(28)27-25(29)24-16-9-5-7-11-19(16)32-20-12-8-6-10-17(20)24/h4-12,14-15,24H,1,13H2,2-3H3. The number of ether oxygens (including phenoxy) is 3. The van der Waals surface area contributed by atoms with Gasteiger partial charge >= 0.3 is 0 Å². The molecule has 0 fully saturated rings. The molecule has 2 heterocycles. The molecule has 3 aromatic carbocycles. The minimum absolute atomic E-state index is 0.249. The van der Waals surface area contributed by atoms with Crippen LogP contribution in [-0.4, -0.2) is 24.7 Å². The minimum Gasteiger partial charge on any atom is -0.493 e. The Morgan fingerprint density at radius 1 is 1.06 bits per heavy atom. The molecule has 1 aromatic heterocycles. The lowest BCUT2D eigenvalue weighted by atomic mass is 9.87. The third kappa shape index (κ3) is 3.60. The fraction of sp³-hybridized carbons (Fsp3) is 0.154. The van der Waals surface area contributed by atoms with E-state index in [1.54, 1.807) is 20.3 Å². The summed E-state index contributed by atoms with van der Waals surface area (Å²) in [5.41, 5.74) is 2.52. The Morgan fingerprint density at radius 3 is 2.27 bits per heavy atom. The van der Waals surface area contributed by atoms with E-state index in [0.717, 1.165) is 21.3 Å². The van der Waals surface area contributed by atoms with Gasteiger partial charge in [0.05, 0.1) is 30.4 Å². The minimum atomic E-state index is -0.544. The molecule has 4 aromatic rings. The van der Waals surface area contributed by atoms with Crippen LogP contribution in [0.1, 0.15) is 17.0 Å². The monoisotopic (exact) mass is 458 g/mol. The fourth-order valence-electron chi connectivity index (χ4n) is 4.12. The third-order valence-corrected chi connectivity index (χ3v) is 6.67. The normalized spacial score (nSPS) is 13.2. The summed E-state index contributed by atoms with van der Waals surface area (Å²) in [5.74, 6) is 1.80. The Morgan fingerprint density at radius 2 is 1.67 bits per heavy atom. The lowest BCUT2D eigenvalue weighted by molar-refractivity contribution is -0.118. The van der Waals surface area contributed by atoms with Gasteiger partial charge in [-0.25, -0.2) is 0 Å². The molecule has 0 saturated carbocycles. The summed E-state index contributed by atoms with van der Waals surface area (Å²) in [4.78, 5) is 18.9. The second kappa shape index (κ2) is 8.60. The van der Waals surface area contributed by atoms with E-state index in [1.165, 1.54) is 11.3 Å². The van der Waals surface area contributed by atoms with Gasteiger partial charge in [0.2, 0.25) is 0 Å². The number of allylic oxidation sites excluding steroid dienone is 1. The maximum Gasteiger partial charge on any atom is 0.260 e. The highest BCUT2D eigenvalue weighted by atomic mass is 32.1. The number of rotatable bonds is 5. The van der Waals surface area contributed by atoms with Crippen molar-refractivity contribution in [3.05, 3.63) is 89.2 Å². The van der Waals surface area contributed by atoms with Crippen molar-refractivity contribution in [3.63, 3.8) is 0 Å². The Balaban J connectivity index is 1.69. The number of aromatic nitrogens is 1. The molecule has 33 heavy (non-hydrogen) atoms. The molecule has 0 N–H and O–H groups in total. The zero-order chi connectivity index (χ0) is 22.9. The van der Waals surface area contributed by atoms with Crippen LogP contribution in [0, 0.1) is 0 Å². The molecule has 1 amide bonds. The number of benzene rings is 3. The summed E-state index contributed by atoms with van der Waals surface area (Å²) in [5, 5.41) is 0. The Labute approximate surface area is 195 Å². The Kier molecular flexibility index (Phi) is 5.48. The molecule has 0 bridgehead atoms. The van der Waals surface area contributed by atoms with E-state index in [9.17, 15) is 4.79 Å². The molecule has 0 atom stereocenters. The van der Waals surface area contributed by atoms with E-state index in [2.05, 4.69) is 11.6 Å². The molecule has 0 saturated heterocycles. The molecule has 0 radical (unpaired) electrons. The average molecular weight is 459 g/mol. The van der Waals surface area contributed by atoms with E-state index >= 15 is 0 Å². The second-order valence-electron chi connectivity index (χ2n) is 7.52. The highest BCUT2D eigenvalue weighted by Crippen LogP contribution is 2.44. The number of thiazole rings is 1. The van der Waals surface area contributed by atoms with Crippen molar-refractivity contribution in [1.29, 1.82) is 0 Å². The van der Waals surface area contributed by atoms with Gasteiger partial charge in [-0.3, -0.25) is 4.79 Å². The van der Waals surface area contributed by atoms with Crippen LogP contribution in [0.25, 0.3) is 10.2 Å². The van der Waals surface area contributed by atoms with Gasteiger partial charge in [0, 0.05) is 29.8 Å². The first-order valence-electron chi connectivity index (χ1n) is 10.4. The Hall–Kier alpha value is -3.84. The lowest BCUT2D eigenvalue weighted by Crippen LogP contribution is -2.22. The number of fused-ring (bicyclic) bond motifs is 3. The van der Waals surface area contributed by atoms with Crippen molar-refractivity contribution >= 4 is 27.5 Å². The van der Waals surface area contributed by atoms with Gasteiger partial charge in [-0.1, -0.05) is 53.8 Å². The summed E-state index contributed by atoms with van der Waals surface area (Å²) < 4.78 is 19.9. The summed E-state index contributed by atoms with van der Waals surface area (Å²) in [7, 11) is 3.20. The van der Waals surface area contributed by atoms with E-state index in [1.807, 2.05) is 65.2 Å². The molecule has 166 valence electrons. The van der Waals surface area contributed by atoms with E-state index in [-0.39, 0.29) is 5.91 Å². The van der Waals surface area contributed by atoms with Gasteiger partial charge in [0.1, 0.15) is 11.5 Å². The number of hydrogen-bond donors (Lipinski definition) is 0. The molecule has 1 aliphatic rings. The number of amides is 1. The van der Waals surface area contributed by atoms with Crippen LogP contribution in [0.15, 0.2) is 78.3 Å². The number of carbonyl (C=O) groups is 1. The average Bonchev–Trinajstić information content (AvgIpc) is 3.17.